The SMILES string of the molecule is Fc1ccccc1-c1nccc2[nH]c(-c3n[nH]c4ccc(-c5cncc(OC6CCCCC6)c5)cc34)cc12. The fourth-order valence-corrected chi connectivity index (χ4v) is 5.46. The molecule has 0 radical (unpaired) electrons. The van der Waals surface area contributed by atoms with Gasteiger partial charge in [-0.1, -0.05) is 24.6 Å². The molecule has 188 valence electrons. The Hall–Kier alpha value is -4.52. The number of H-pyrrole nitrogens is 2. The lowest BCUT2D eigenvalue weighted by atomic mass is 9.98. The van der Waals surface area contributed by atoms with Gasteiger partial charge in [-0.2, -0.15) is 5.10 Å². The number of aromatic nitrogens is 5. The number of rotatable bonds is 5. The average molecular weight is 504 g/mol. The normalized spacial score (nSPS) is 14.3. The largest absolute Gasteiger partial charge is 0.489 e. The van der Waals surface area contributed by atoms with Gasteiger partial charge in [0, 0.05) is 39.8 Å². The molecule has 6 nitrogen and oxygen atoms in total. The summed E-state index contributed by atoms with van der Waals surface area (Å²) in [6.07, 6.45) is 11.6. The highest BCUT2D eigenvalue weighted by molar-refractivity contribution is 6.00. The van der Waals surface area contributed by atoms with Crippen LogP contribution in [0.25, 0.3) is 55.6 Å². The predicted octanol–water partition coefficient (Wildman–Crippen LogP) is 7.69. The van der Waals surface area contributed by atoms with Crippen molar-refractivity contribution in [2.45, 2.75) is 38.2 Å². The highest BCUT2D eigenvalue weighted by Gasteiger charge is 2.18. The molecule has 1 aliphatic carbocycles. The van der Waals surface area contributed by atoms with Gasteiger partial charge in [0.15, 0.2) is 0 Å². The lowest BCUT2D eigenvalue weighted by Gasteiger charge is -2.23. The van der Waals surface area contributed by atoms with Gasteiger partial charge < -0.3 is 9.72 Å². The summed E-state index contributed by atoms with van der Waals surface area (Å²) >= 11 is 0. The van der Waals surface area contributed by atoms with E-state index in [0.717, 1.165) is 62.9 Å². The third-order valence-corrected chi connectivity index (χ3v) is 7.40. The zero-order chi connectivity index (χ0) is 25.5. The smallest absolute Gasteiger partial charge is 0.138 e. The van der Waals surface area contributed by atoms with Crippen LogP contribution in [-0.2, 0) is 0 Å². The van der Waals surface area contributed by atoms with E-state index >= 15 is 0 Å². The quantitative estimate of drug-likeness (QED) is 0.253. The third kappa shape index (κ3) is 4.10. The summed E-state index contributed by atoms with van der Waals surface area (Å²) in [4.78, 5) is 12.4. The van der Waals surface area contributed by atoms with E-state index in [4.69, 9.17) is 4.74 Å². The molecular weight excluding hydrogens is 477 g/mol. The van der Waals surface area contributed by atoms with Crippen LogP contribution in [0.5, 0.6) is 5.75 Å². The Bertz CT molecular complexity index is 1770. The van der Waals surface area contributed by atoms with Crippen molar-refractivity contribution < 1.29 is 9.13 Å². The molecule has 1 aliphatic rings. The average Bonchev–Trinajstić information content (AvgIpc) is 3.58. The van der Waals surface area contributed by atoms with Crippen molar-refractivity contribution in [3.63, 3.8) is 0 Å². The molecule has 0 amide bonds. The van der Waals surface area contributed by atoms with Crippen molar-refractivity contribution in [2.24, 2.45) is 0 Å². The summed E-state index contributed by atoms with van der Waals surface area (Å²) in [5, 5.41) is 9.59. The van der Waals surface area contributed by atoms with Gasteiger partial charge in [0.2, 0.25) is 0 Å². The molecule has 1 fully saturated rings. The second-order valence-electron chi connectivity index (χ2n) is 9.90. The molecule has 2 aromatic carbocycles. The fourth-order valence-electron chi connectivity index (χ4n) is 5.46. The predicted molar refractivity (Wildman–Crippen MR) is 147 cm³/mol. The Balaban J connectivity index is 1.26. The summed E-state index contributed by atoms with van der Waals surface area (Å²) in [6.45, 7) is 0. The van der Waals surface area contributed by atoms with Gasteiger partial charge in [0.1, 0.15) is 17.3 Å². The summed E-state index contributed by atoms with van der Waals surface area (Å²) in [7, 11) is 0. The van der Waals surface area contributed by atoms with Crippen molar-refractivity contribution in [3.8, 4) is 39.5 Å². The number of ether oxygens (including phenoxy) is 1. The first-order valence-corrected chi connectivity index (χ1v) is 13.1. The van der Waals surface area contributed by atoms with Crippen LogP contribution in [0, 0.1) is 5.82 Å². The van der Waals surface area contributed by atoms with Crippen molar-refractivity contribution in [3.05, 3.63) is 85.1 Å². The van der Waals surface area contributed by atoms with Crippen LogP contribution in [-0.4, -0.2) is 31.3 Å². The zero-order valence-electron chi connectivity index (χ0n) is 20.7. The molecule has 4 aromatic heterocycles. The standard InChI is InChI=1S/C31H26FN5O/c32-26-9-5-4-8-23(26)30-25-16-29(35-27(25)12-13-34-30)31-24-15-19(10-11-28(24)36-37-31)20-14-22(18-33-17-20)38-21-6-2-1-3-7-21/h4-5,8-18,21,35H,1-3,6-7H2,(H,36,37). The minimum Gasteiger partial charge on any atom is -0.489 e. The summed E-state index contributed by atoms with van der Waals surface area (Å²) < 4.78 is 20.8. The van der Waals surface area contributed by atoms with Crippen molar-refractivity contribution in [1.82, 2.24) is 25.1 Å². The molecule has 6 aromatic rings. The first-order valence-electron chi connectivity index (χ1n) is 13.1. The maximum Gasteiger partial charge on any atom is 0.138 e. The highest BCUT2D eigenvalue weighted by Crippen LogP contribution is 2.35. The first kappa shape index (κ1) is 22.7. The number of aromatic amines is 2. The van der Waals surface area contributed by atoms with Crippen LogP contribution >= 0.6 is 0 Å². The summed E-state index contributed by atoms with van der Waals surface area (Å²) in [5.41, 5.74) is 6.53. The van der Waals surface area contributed by atoms with Gasteiger partial charge in [0.05, 0.1) is 29.2 Å². The molecule has 7 rings (SSSR count). The maximum absolute atomic E-state index is 14.6. The number of pyridine rings is 2. The van der Waals surface area contributed by atoms with Gasteiger partial charge in [-0.15, -0.1) is 0 Å². The summed E-state index contributed by atoms with van der Waals surface area (Å²) in [5.74, 6) is 0.513. The molecule has 2 N–H and O–H groups in total. The van der Waals surface area contributed by atoms with Gasteiger partial charge >= 0.3 is 0 Å². The Morgan fingerprint density at radius 2 is 1.68 bits per heavy atom. The molecule has 7 heteroatoms. The van der Waals surface area contributed by atoms with E-state index in [1.54, 1.807) is 24.5 Å². The van der Waals surface area contributed by atoms with E-state index in [1.165, 1.54) is 25.3 Å². The lowest BCUT2D eigenvalue weighted by molar-refractivity contribution is 0.154. The lowest BCUT2D eigenvalue weighted by Crippen LogP contribution is -2.19. The molecule has 1 saturated carbocycles. The van der Waals surface area contributed by atoms with E-state index in [9.17, 15) is 4.39 Å². The Kier molecular flexibility index (Phi) is 5.61. The number of nitrogens with zero attached hydrogens (tertiary/aromatic N) is 3. The second kappa shape index (κ2) is 9.41. The monoisotopic (exact) mass is 503 g/mol. The van der Waals surface area contributed by atoms with E-state index in [-0.39, 0.29) is 11.9 Å². The molecule has 0 saturated heterocycles. The Labute approximate surface area is 218 Å². The molecular formula is C31H26FN5O. The van der Waals surface area contributed by atoms with Crippen LogP contribution < -0.4 is 4.74 Å². The van der Waals surface area contributed by atoms with Crippen LogP contribution in [0.4, 0.5) is 4.39 Å². The zero-order valence-corrected chi connectivity index (χ0v) is 20.7. The van der Waals surface area contributed by atoms with Crippen molar-refractivity contribution in [1.29, 1.82) is 0 Å². The molecule has 0 bridgehead atoms. The van der Waals surface area contributed by atoms with E-state index in [1.807, 2.05) is 30.5 Å². The van der Waals surface area contributed by atoms with Gasteiger partial charge in [-0.3, -0.25) is 15.1 Å². The van der Waals surface area contributed by atoms with Crippen molar-refractivity contribution in [2.75, 3.05) is 0 Å². The fraction of sp³-hybridized carbons (Fsp3) is 0.194. The van der Waals surface area contributed by atoms with Crippen molar-refractivity contribution >= 4 is 21.8 Å². The van der Waals surface area contributed by atoms with Crippen LogP contribution in [0.3, 0.4) is 0 Å². The van der Waals surface area contributed by atoms with Gasteiger partial charge in [0.25, 0.3) is 0 Å². The van der Waals surface area contributed by atoms with Gasteiger partial charge in [-0.05, 0) is 73.7 Å². The molecule has 4 heterocycles. The Morgan fingerprint density at radius 3 is 2.58 bits per heavy atom. The van der Waals surface area contributed by atoms with Crippen LogP contribution in [0.15, 0.2) is 79.3 Å². The van der Waals surface area contributed by atoms with Crippen LogP contribution in [0.1, 0.15) is 32.1 Å². The number of benzene rings is 2. The van der Waals surface area contributed by atoms with Gasteiger partial charge in [-0.25, -0.2) is 4.39 Å². The molecule has 0 spiro atoms. The first-order chi connectivity index (χ1) is 18.7. The maximum atomic E-state index is 14.6. The number of fused-ring (bicyclic) bond motifs is 2. The van der Waals surface area contributed by atoms with E-state index in [0.29, 0.717) is 11.3 Å². The number of hydrogen-bond donors (Lipinski definition) is 2. The molecule has 0 aliphatic heterocycles. The molecule has 0 atom stereocenters. The number of hydrogen-bond acceptors (Lipinski definition) is 4. The minimum absolute atomic E-state index is 0.273. The van der Waals surface area contributed by atoms with Crippen LogP contribution in [0.2, 0.25) is 0 Å². The second-order valence-corrected chi connectivity index (χ2v) is 9.90. The number of halogens is 1. The topological polar surface area (TPSA) is 79.5 Å². The Morgan fingerprint density at radius 1 is 0.816 bits per heavy atom. The van der Waals surface area contributed by atoms with E-state index < -0.39 is 0 Å². The van der Waals surface area contributed by atoms with E-state index in [2.05, 4.69) is 43.3 Å². The summed E-state index contributed by atoms with van der Waals surface area (Å²) in [6, 6.07) is 18.9. The highest BCUT2D eigenvalue weighted by atomic mass is 19.1. The molecule has 38 heavy (non-hydrogen) atoms. The minimum atomic E-state index is -0.298. The third-order valence-electron chi connectivity index (χ3n) is 7.40. The molecule has 0 unspecified atom stereocenters. The number of nitrogens with one attached hydrogen (secondary N) is 2.